The number of phosphoric ester groups is 1. The minimum Gasteiger partial charge on any atom is -0.457 e. The average Bonchev–Trinajstić information content (AvgIpc) is 3.23. The highest BCUT2D eigenvalue weighted by Gasteiger charge is 2.26. The number of unbranched alkanes of at least 4 members (excludes halogenated alkanes) is 20. The summed E-state index contributed by atoms with van der Waals surface area (Å²) in [4.78, 5) is 23.0. The molecule has 8 nitrogen and oxygen atoms in total. The molecule has 0 saturated heterocycles. The monoisotopic (exact) mass is 891 g/mol. The number of ether oxygens (including phenoxy) is 2. The lowest BCUT2D eigenvalue weighted by Gasteiger charge is -2.24. The third-order valence-electron chi connectivity index (χ3n) is 10.5. The topological polar surface area (TPSA) is 91.3 Å². The number of rotatable bonds is 46. The minimum atomic E-state index is -4.29. The largest absolute Gasteiger partial charge is 0.472 e. The van der Waals surface area contributed by atoms with Gasteiger partial charge in [0, 0.05) is 13.0 Å². The first-order chi connectivity index (χ1) is 30.1. The highest BCUT2D eigenvalue weighted by Crippen LogP contribution is 2.43. The molecule has 0 heterocycles. The number of hydrogen-bond donors (Lipinski definition) is 1. The van der Waals surface area contributed by atoms with Crippen LogP contribution in [-0.2, 0) is 27.9 Å². The van der Waals surface area contributed by atoms with Gasteiger partial charge in [0.15, 0.2) is 0 Å². The van der Waals surface area contributed by atoms with Crippen molar-refractivity contribution in [2.24, 2.45) is 0 Å². The van der Waals surface area contributed by atoms with Crippen molar-refractivity contribution in [2.75, 3.05) is 54.1 Å². The van der Waals surface area contributed by atoms with Gasteiger partial charge >= 0.3 is 13.8 Å². The Labute approximate surface area is 383 Å². The van der Waals surface area contributed by atoms with Crippen molar-refractivity contribution in [3.05, 3.63) is 72.9 Å². The van der Waals surface area contributed by atoms with E-state index in [0.29, 0.717) is 24.1 Å². The summed E-state index contributed by atoms with van der Waals surface area (Å²) in [5, 5.41) is 0. The molecule has 0 aromatic carbocycles. The molecular weight excluding hydrogens is 794 g/mol. The molecule has 0 spiro atoms. The van der Waals surface area contributed by atoms with Crippen LogP contribution in [0.4, 0.5) is 0 Å². The third kappa shape index (κ3) is 49.0. The first kappa shape index (κ1) is 59.9. The van der Waals surface area contributed by atoms with E-state index in [1.165, 1.54) is 96.3 Å². The van der Waals surface area contributed by atoms with E-state index < -0.39 is 13.9 Å². The van der Waals surface area contributed by atoms with Gasteiger partial charge in [-0.05, 0) is 83.5 Å². The lowest BCUT2D eigenvalue weighted by atomic mass is 10.1. The molecule has 0 fully saturated rings. The number of allylic oxidation sites excluding steroid dienone is 12. The van der Waals surface area contributed by atoms with Gasteiger partial charge in [-0.3, -0.25) is 13.8 Å². The van der Waals surface area contributed by atoms with Gasteiger partial charge in [-0.15, -0.1) is 0 Å². The predicted molar refractivity (Wildman–Crippen MR) is 265 cm³/mol. The van der Waals surface area contributed by atoms with Crippen molar-refractivity contribution in [3.8, 4) is 0 Å². The van der Waals surface area contributed by atoms with Crippen LogP contribution >= 0.6 is 7.82 Å². The fourth-order valence-electron chi connectivity index (χ4n) is 6.63. The average molecular weight is 891 g/mol. The Morgan fingerprint density at radius 2 is 0.935 bits per heavy atom. The van der Waals surface area contributed by atoms with Gasteiger partial charge in [0.05, 0.1) is 34.4 Å². The van der Waals surface area contributed by atoms with Crippen LogP contribution in [0.3, 0.4) is 0 Å². The van der Waals surface area contributed by atoms with Gasteiger partial charge < -0.3 is 18.9 Å². The lowest BCUT2D eigenvalue weighted by Crippen LogP contribution is -2.37. The predicted octanol–water partition coefficient (Wildman–Crippen LogP) is 15.4. The Balaban J connectivity index is 4.18. The maximum atomic E-state index is 12.7. The molecule has 2 unspecified atom stereocenters. The molecule has 0 rings (SSSR count). The normalized spacial score (nSPS) is 14.2. The minimum absolute atomic E-state index is 0.0822. The molecular formula is C53H97NO7P+. The summed E-state index contributed by atoms with van der Waals surface area (Å²) in [5.74, 6) is -0.327. The third-order valence-corrected chi connectivity index (χ3v) is 11.5. The molecule has 9 heteroatoms. The second-order valence-electron chi connectivity index (χ2n) is 17.8. The zero-order valence-corrected chi connectivity index (χ0v) is 41.7. The first-order valence-electron chi connectivity index (χ1n) is 25.2. The van der Waals surface area contributed by atoms with E-state index in [1.807, 2.05) is 21.1 Å². The van der Waals surface area contributed by atoms with Gasteiger partial charge in [0.1, 0.15) is 19.3 Å². The second kappa shape index (κ2) is 45.5. The van der Waals surface area contributed by atoms with Gasteiger partial charge in [-0.2, -0.15) is 0 Å². The molecule has 0 aliphatic rings. The molecule has 0 aromatic heterocycles. The summed E-state index contributed by atoms with van der Waals surface area (Å²) in [6.07, 6.45) is 59.4. The zero-order valence-electron chi connectivity index (χ0n) is 40.8. The van der Waals surface area contributed by atoms with Crippen LogP contribution in [0, 0.1) is 0 Å². The van der Waals surface area contributed by atoms with Gasteiger partial charge in [0.2, 0.25) is 0 Å². The number of esters is 1. The van der Waals surface area contributed by atoms with Crippen molar-refractivity contribution in [2.45, 2.75) is 206 Å². The number of hydrogen-bond acceptors (Lipinski definition) is 6. The summed E-state index contributed by atoms with van der Waals surface area (Å²) in [5.41, 5.74) is 0. The summed E-state index contributed by atoms with van der Waals surface area (Å²) in [7, 11) is 1.65. The molecule has 0 aliphatic carbocycles. The number of carbonyl (C=O) groups is 1. The summed E-state index contributed by atoms with van der Waals surface area (Å²) in [6.45, 7) is 5.48. The zero-order chi connectivity index (χ0) is 45.5. The van der Waals surface area contributed by atoms with Gasteiger partial charge in [-0.25, -0.2) is 4.57 Å². The van der Waals surface area contributed by atoms with Crippen molar-refractivity contribution in [1.82, 2.24) is 0 Å². The molecule has 360 valence electrons. The van der Waals surface area contributed by atoms with E-state index in [-0.39, 0.29) is 25.8 Å². The van der Waals surface area contributed by atoms with E-state index >= 15 is 0 Å². The van der Waals surface area contributed by atoms with E-state index in [0.717, 1.165) is 83.5 Å². The van der Waals surface area contributed by atoms with Crippen LogP contribution in [-0.4, -0.2) is 75.6 Å². The fraction of sp³-hybridized carbons (Fsp3) is 0.755. The molecule has 0 aromatic rings. The number of carbonyl (C=O) groups excluding carboxylic acids is 1. The SMILES string of the molecule is CC/C=C\C/C=C\C/C=C\C/C=C\C/C=C\CCCCCCCCCCOCC(COP(=O)(O)OCC[N+](C)(C)C)OC(=O)CCCCCCC/C=C\CCCCCCCCC. The number of likely N-dealkylation sites (N-methyl/N-ethyl adjacent to an activating group) is 1. The van der Waals surface area contributed by atoms with Crippen molar-refractivity contribution in [3.63, 3.8) is 0 Å². The van der Waals surface area contributed by atoms with Crippen LogP contribution in [0.15, 0.2) is 72.9 Å². The van der Waals surface area contributed by atoms with Crippen molar-refractivity contribution in [1.29, 1.82) is 0 Å². The molecule has 2 atom stereocenters. The second-order valence-corrected chi connectivity index (χ2v) is 19.3. The molecule has 0 bridgehead atoms. The molecule has 62 heavy (non-hydrogen) atoms. The summed E-state index contributed by atoms with van der Waals surface area (Å²) >= 11 is 0. The van der Waals surface area contributed by atoms with Crippen LogP contribution < -0.4 is 0 Å². The Bertz CT molecular complexity index is 1220. The molecule has 0 amide bonds. The maximum Gasteiger partial charge on any atom is 0.472 e. The number of phosphoric acid groups is 1. The van der Waals surface area contributed by atoms with Crippen LogP contribution in [0.1, 0.15) is 200 Å². The van der Waals surface area contributed by atoms with E-state index in [2.05, 4.69) is 86.8 Å². The Morgan fingerprint density at radius 3 is 1.42 bits per heavy atom. The van der Waals surface area contributed by atoms with Gasteiger partial charge in [0.25, 0.3) is 0 Å². The standard InChI is InChI=1S/C53H96NO7P/c1-6-8-10-12-14-16-18-20-22-24-25-26-27-28-29-30-31-33-35-37-39-41-43-45-48-58-50-52(51-60-62(56,57)59-49-47-54(3,4)5)61-53(55)46-44-42-40-38-36-34-32-23-21-19-17-15-13-11-9-7-2/h8,10,14,16,20,22-23,25-26,28-29,32,52H,6-7,9,11-13,15,17-19,21,24,27,30-31,33-51H2,1-5H3/p+1/b10-8-,16-14-,22-20-,26-25-,29-28-,32-23-. The van der Waals surface area contributed by atoms with Gasteiger partial charge in [-0.1, -0.05) is 183 Å². The van der Waals surface area contributed by atoms with Crippen LogP contribution in [0.2, 0.25) is 0 Å². The van der Waals surface area contributed by atoms with Crippen molar-refractivity contribution < 1.29 is 37.3 Å². The van der Waals surface area contributed by atoms with Crippen LogP contribution in [0.25, 0.3) is 0 Å². The van der Waals surface area contributed by atoms with Crippen LogP contribution in [0.5, 0.6) is 0 Å². The van der Waals surface area contributed by atoms with Crippen molar-refractivity contribution >= 4 is 13.8 Å². The molecule has 0 aliphatic heterocycles. The Kier molecular flexibility index (Phi) is 44.0. The maximum absolute atomic E-state index is 12.7. The van der Waals surface area contributed by atoms with E-state index in [4.69, 9.17) is 18.5 Å². The highest BCUT2D eigenvalue weighted by atomic mass is 31.2. The Morgan fingerprint density at radius 1 is 0.516 bits per heavy atom. The first-order valence-corrected chi connectivity index (χ1v) is 26.7. The molecule has 0 radical (unpaired) electrons. The fourth-order valence-corrected chi connectivity index (χ4v) is 7.37. The Hall–Kier alpha value is -2.06. The summed E-state index contributed by atoms with van der Waals surface area (Å²) < 4.78 is 35.1. The van der Waals surface area contributed by atoms with E-state index in [1.54, 1.807) is 0 Å². The number of quaternary nitrogens is 1. The summed E-state index contributed by atoms with van der Waals surface area (Å²) in [6, 6.07) is 0. The molecule has 0 saturated carbocycles. The quantitative estimate of drug-likeness (QED) is 0.0214. The molecule has 1 N–H and O–H groups in total. The number of nitrogens with zero attached hydrogens (tertiary/aromatic N) is 1. The smallest absolute Gasteiger partial charge is 0.457 e. The van der Waals surface area contributed by atoms with E-state index in [9.17, 15) is 14.3 Å². The lowest BCUT2D eigenvalue weighted by molar-refractivity contribution is -0.870. The highest BCUT2D eigenvalue weighted by molar-refractivity contribution is 7.47.